The van der Waals surface area contributed by atoms with Crippen LogP contribution in [0, 0.1) is 0 Å². The minimum atomic E-state index is 0.111. The summed E-state index contributed by atoms with van der Waals surface area (Å²) in [5.41, 5.74) is 1.02. The van der Waals surface area contributed by atoms with Gasteiger partial charge in [-0.2, -0.15) is 0 Å². The first-order chi connectivity index (χ1) is 7.10. The number of hydrogen-bond acceptors (Lipinski definition) is 2. The predicted molar refractivity (Wildman–Crippen MR) is 65.2 cm³/mol. The van der Waals surface area contributed by atoms with Crippen LogP contribution in [0.2, 0.25) is 5.02 Å². The normalized spacial score (nSPS) is 12.9. The molecule has 4 heteroatoms. The van der Waals surface area contributed by atoms with Gasteiger partial charge in [-0.25, -0.2) is 0 Å². The number of alkyl halides is 1. The van der Waals surface area contributed by atoms with Gasteiger partial charge in [0, 0.05) is 16.5 Å². The van der Waals surface area contributed by atoms with E-state index in [2.05, 4.69) is 0 Å². The standard InChI is InChI=1S/C11H15Cl2NO/c1-14(2)10(7-12)9-6-8(13)4-5-11(9)15-3/h4-6,10H,7H2,1-3H3. The SMILES string of the molecule is COc1ccc(Cl)cc1C(CCl)N(C)C. The van der Waals surface area contributed by atoms with E-state index in [1.54, 1.807) is 7.11 Å². The topological polar surface area (TPSA) is 12.5 Å². The van der Waals surface area contributed by atoms with E-state index in [0.29, 0.717) is 10.9 Å². The molecule has 84 valence electrons. The second-order valence-corrected chi connectivity index (χ2v) is 4.27. The summed E-state index contributed by atoms with van der Waals surface area (Å²) in [4.78, 5) is 2.04. The summed E-state index contributed by atoms with van der Waals surface area (Å²) in [7, 11) is 5.61. The highest BCUT2D eigenvalue weighted by atomic mass is 35.5. The Morgan fingerprint density at radius 2 is 2.07 bits per heavy atom. The second kappa shape index (κ2) is 5.59. The lowest BCUT2D eigenvalue weighted by Crippen LogP contribution is -2.21. The van der Waals surface area contributed by atoms with Gasteiger partial charge in [0.25, 0.3) is 0 Å². The molecule has 0 fully saturated rings. The average molecular weight is 248 g/mol. The molecule has 1 aromatic carbocycles. The first-order valence-electron chi connectivity index (χ1n) is 4.66. The Bertz CT molecular complexity index is 328. The molecule has 0 aliphatic heterocycles. The number of nitrogens with zero attached hydrogens (tertiary/aromatic N) is 1. The van der Waals surface area contributed by atoms with Crippen LogP contribution in [0.4, 0.5) is 0 Å². The molecular weight excluding hydrogens is 233 g/mol. The smallest absolute Gasteiger partial charge is 0.123 e. The molecule has 0 aromatic heterocycles. The fourth-order valence-electron chi connectivity index (χ4n) is 1.46. The van der Waals surface area contributed by atoms with E-state index in [9.17, 15) is 0 Å². The summed E-state index contributed by atoms with van der Waals surface area (Å²) in [5, 5.41) is 0.697. The quantitative estimate of drug-likeness (QED) is 0.759. The zero-order chi connectivity index (χ0) is 11.4. The summed E-state index contributed by atoms with van der Waals surface area (Å²) < 4.78 is 5.29. The second-order valence-electron chi connectivity index (χ2n) is 3.52. The number of halogens is 2. The molecule has 15 heavy (non-hydrogen) atoms. The highest BCUT2D eigenvalue weighted by molar-refractivity contribution is 6.30. The van der Waals surface area contributed by atoms with Crippen LogP contribution in [0.1, 0.15) is 11.6 Å². The maximum atomic E-state index is 5.96. The van der Waals surface area contributed by atoms with E-state index in [1.807, 2.05) is 37.2 Å². The van der Waals surface area contributed by atoms with Crippen molar-refractivity contribution in [2.45, 2.75) is 6.04 Å². The molecule has 0 saturated heterocycles. The fourth-order valence-corrected chi connectivity index (χ4v) is 2.09. The van der Waals surface area contributed by atoms with Crippen LogP contribution in [-0.4, -0.2) is 32.0 Å². The number of ether oxygens (including phenoxy) is 1. The molecule has 1 aromatic rings. The van der Waals surface area contributed by atoms with Crippen molar-refractivity contribution in [1.29, 1.82) is 0 Å². The molecule has 1 unspecified atom stereocenters. The number of benzene rings is 1. The first-order valence-corrected chi connectivity index (χ1v) is 5.57. The maximum Gasteiger partial charge on any atom is 0.123 e. The van der Waals surface area contributed by atoms with Crippen LogP contribution in [0.5, 0.6) is 5.75 Å². The number of hydrogen-bond donors (Lipinski definition) is 0. The van der Waals surface area contributed by atoms with E-state index in [1.165, 1.54) is 0 Å². The van der Waals surface area contributed by atoms with Crippen molar-refractivity contribution in [3.8, 4) is 5.75 Å². The highest BCUT2D eigenvalue weighted by Gasteiger charge is 2.17. The molecule has 0 amide bonds. The van der Waals surface area contributed by atoms with Gasteiger partial charge in [-0.05, 0) is 32.3 Å². The maximum absolute atomic E-state index is 5.96. The van der Waals surface area contributed by atoms with E-state index in [0.717, 1.165) is 11.3 Å². The Morgan fingerprint density at radius 3 is 2.53 bits per heavy atom. The Balaban J connectivity index is 3.13. The molecule has 0 heterocycles. The minimum absolute atomic E-state index is 0.111. The van der Waals surface area contributed by atoms with Gasteiger partial charge in [0.05, 0.1) is 13.2 Å². The van der Waals surface area contributed by atoms with Crippen LogP contribution < -0.4 is 4.74 Å². The molecule has 0 aliphatic carbocycles. The molecule has 0 saturated carbocycles. The zero-order valence-electron chi connectivity index (χ0n) is 9.13. The van der Waals surface area contributed by atoms with E-state index in [4.69, 9.17) is 27.9 Å². The molecule has 1 atom stereocenters. The van der Waals surface area contributed by atoms with Gasteiger partial charge in [0.2, 0.25) is 0 Å². The van der Waals surface area contributed by atoms with Crippen molar-refractivity contribution in [2.24, 2.45) is 0 Å². The molecule has 0 bridgehead atoms. The summed E-state index contributed by atoms with van der Waals surface area (Å²) in [6, 6.07) is 5.68. The van der Waals surface area contributed by atoms with Crippen molar-refractivity contribution in [2.75, 3.05) is 27.1 Å². The van der Waals surface area contributed by atoms with Gasteiger partial charge in [-0.1, -0.05) is 11.6 Å². The van der Waals surface area contributed by atoms with Crippen molar-refractivity contribution >= 4 is 23.2 Å². The molecule has 0 N–H and O–H groups in total. The Kier molecular flexibility index (Phi) is 4.71. The summed E-state index contributed by atoms with van der Waals surface area (Å²) >= 11 is 11.9. The van der Waals surface area contributed by atoms with E-state index < -0.39 is 0 Å². The van der Waals surface area contributed by atoms with Crippen molar-refractivity contribution < 1.29 is 4.74 Å². The van der Waals surface area contributed by atoms with Crippen molar-refractivity contribution in [3.63, 3.8) is 0 Å². The van der Waals surface area contributed by atoms with Crippen LogP contribution in [0.15, 0.2) is 18.2 Å². The van der Waals surface area contributed by atoms with Crippen LogP contribution in [0.3, 0.4) is 0 Å². The predicted octanol–water partition coefficient (Wildman–Crippen LogP) is 3.19. The Hall–Kier alpha value is -0.440. The van der Waals surface area contributed by atoms with Crippen LogP contribution in [-0.2, 0) is 0 Å². The zero-order valence-corrected chi connectivity index (χ0v) is 10.6. The van der Waals surface area contributed by atoms with E-state index >= 15 is 0 Å². The first kappa shape index (κ1) is 12.6. The third kappa shape index (κ3) is 3.00. The van der Waals surface area contributed by atoms with Gasteiger partial charge < -0.3 is 9.64 Å². The Labute approximate surface area is 101 Å². The summed E-state index contributed by atoms with van der Waals surface area (Å²) in [6.45, 7) is 0. The third-order valence-electron chi connectivity index (χ3n) is 2.32. The average Bonchev–Trinajstić information content (AvgIpc) is 2.18. The van der Waals surface area contributed by atoms with Crippen molar-refractivity contribution in [3.05, 3.63) is 28.8 Å². The van der Waals surface area contributed by atoms with Gasteiger partial charge in [-0.3, -0.25) is 0 Å². The molecule has 0 radical (unpaired) electrons. The van der Waals surface area contributed by atoms with Crippen LogP contribution in [0.25, 0.3) is 0 Å². The summed E-state index contributed by atoms with van der Waals surface area (Å²) in [5.74, 6) is 1.32. The largest absolute Gasteiger partial charge is 0.496 e. The van der Waals surface area contributed by atoms with Crippen LogP contribution >= 0.6 is 23.2 Å². The lowest BCUT2D eigenvalue weighted by atomic mass is 10.1. The third-order valence-corrected chi connectivity index (χ3v) is 2.85. The van der Waals surface area contributed by atoms with Crippen molar-refractivity contribution in [1.82, 2.24) is 4.90 Å². The number of methoxy groups -OCH3 is 1. The summed E-state index contributed by atoms with van der Waals surface area (Å²) in [6.07, 6.45) is 0. The molecule has 2 nitrogen and oxygen atoms in total. The minimum Gasteiger partial charge on any atom is -0.496 e. The highest BCUT2D eigenvalue weighted by Crippen LogP contribution is 2.31. The fraction of sp³-hybridized carbons (Fsp3) is 0.455. The van der Waals surface area contributed by atoms with Gasteiger partial charge in [-0.15, -0.1) is 11.6 Å². The Morgan fingerprint density at radius 1 is 1.40 bits per heavy atom. The van der Waals surface area contributed by atoms with Gasteiger partial charge in [0.15, 0.2) is 0 Å². The van der Waals surface area contributed by atoms with Gasteiger partial charge in [0.1, 0.15) is 5.75 Å². The van der Waals surface area contributed by atoms with Gasteiger partial charge >= 0.3 is 0 Å². The monoisotopic (exact) mass is 247 g/mol. The molecule has 1 rings (SSSR count). The lowest BCUT2D eigenvalue weighted by Gasteiger charge is -2.24. The molecule has 0 spiro atoms. The lowest BCUT2D eigenvalue weighted by molar-refractivity contribution is 0.311. The number of rotatable bonds is 4. The van der Waals surface area contributed by atoms with E-state index in [-0.39, 0.29) is 6.04 Å². The molecule has 0 aliphatic rings. The molecular formula is C11H15Cl2NO.